The highest BCUT2D eigenvalue weighted by Gasteiger charge is 2.53. The van der Waals surface area contributed by atoms with E-state index in [9.17, 15) is 28.3 Å². The van der Waals surface area contributed by atoms with Crippen LogP contribution in [0.2, 0.25) is 0 Å². The maximum atomic E-state index is 13.7. The van der Waals surface area contributed by atoms with Gasteiger partial charge in [-0.15, -0.1) is 0 Å². The number of rotatable bonds is 6. The lowest BCUT2D eigenvalue weighted by molar-refractivity contribution is -0.148. The molecular formula is C25H24F2N2O5. The first-order chi connectivity index (χ1) is 16.2. The van der Waals surface area contributed by atoms with E-state index >= 15 is 0 Å². The molecule has 1 aliphatic heterocycles. The first-order valence-corrected chi connectivity index (χ1v) is 11.2. The number of hydrogen-bond acceptors (Lipinski definition) is 4. The summed E-state index contributed by atoms with van der Waals surface area (Å²) in [6, 6.07) is 14.3. The van der Waals surface area contributed by atoms with Gasteiger partial charge in [-0.2, -0.15) is 0 Å². The van der Waals surface area contributed by atoms with Crippen molar-refractivity contribution >= 4 is 18.0 Å². The molecule has 7 nitrogen and oxygen atoms in total. The molecule has 0 radical (unpaired) electrons. The molecule has 1 heterocycles. The maximum absolute atomic E-state index is 13.7. The lowest BCUT2D eigenvalue weighted by atomic mass is 9.98. The van der Waals surface area contributed by atoms with Crippen LogP contribution >= 0.6 is 0 Å². The number of likely N-dealkylation sites (tertiary alicyclic amines) is 1. The van der Waals surface area contributed by atoms with Crippen LogP contribution in [0.3, 0.4) is 0 Å². The van der Waals surface area contributed by atoms with E-state index in [2.05, 4.69) is 5.32 Å². The predicted molar refractivity (Wildman–Crippen MR) is 117 cm³/mol. The number of carboxylic acids is 1. The zero-order valence-corrected chi connectivity index (χ0v) is 18.3. The van der Waals surface area contributed by atoms with Crippen molar-refractivity contribution in [2.45, 2.75) is 49.1 Å². The molecule has 2 aromatic carbocycles. The Morgan fingerprint density at radius 1 is 1.03 bits per heavy atom. The number of benzene rings is 2. The van der Waals surface area contributed by atoms with Gasteiger partial charge < -0.3 is 20.1 Å². The molecule has 0 bridgehead atoms. The second-order valence-electron chi connectivity index (χ2n) is 9.34. The number of carboxylic acid groups (broad SMARTS) is 1. The standard InChI is InChI=1S/C25H24F2N2O5/c26-25(27)11-20(22(31)32)29(14-25)21(30)12-24(9-10-24)28-23(33)34-13-19-17-7-3-1-5-15(17)16-6-2-4-8-18(16)19/h1-8,19-20H,9-14H2,(H,28,33)(H,31,32)/t20-/m0/s1. The Hall–Kier alpha value is -3.49. The van der Waals surface area contributed by atoms with Crippen molar-refractivity contribution in [3.05, 3.63) is 59.7 Å². The van der Waals surface area contributed by atoms with Crippen LogP contribution in [-0.2, 0) is 14.3 Å². The highest BCUT2D eigenvalue weighted by molar-refractivity contribution is 5.86. The average molecular weight is 470 g/mol. The molecular weight excluding hydrogens is 446 g/mol. The van der Waals surface area contributed by atoms with Crippen LogP contribution in [-0.4, -0.2) is 58.6 Å². The van der Waals surface area contributed by atoms with E-state index in [4.69, 9.17) is 4.74 Å². The molecule has 1 saturated heterocycles. The van der Waals surface area contributed by atoms with Gasteiger partial charge in [0, 0.05) is 12.3 Å². The fourth-order valence-corrected chi connectivity index (χ4v) is 5.04. The summed E-state index contributed by atoms with van der Waals surface area (Å²) < 4.78 is 33.0. The number of ether oxygens (including phenoxy) is 1. The van der Waals surface area contributed by atoms with Gasteiger partial charge in [-0.1, -0.05) is 48.5 Å². The number of alkyl halides is 2. The third-order valence-electron chi connectivity index (χ3n) is 6.93. The molecule has 9 heteroatoms. The van der Waals surface area contributed by atoms with E-state index in [1.54, 1.807) is 0 Å². The Morgan fingerprint density at radius 3 is 2.18 bits per heavy atom. The first-order valence-electron chi connectivity index (χ1n) is 11.2. The molecule has 2 aromatic rings. The molecule has 5 rings (SSSR count). The second-order valence-corrected chi connectivity index (χ2v) is 9.34. The minimum absolute atomic E-state index is 0.113. The Kier molecular flexibility index (Phi) is 5.30. The number of fused-ring (bicyclic) bond motifs is 3. The lowest BCUT2D eigenvalue weighted by Crippen LogP contribution is -2.46. The van der Waals surface area contributed by atoms with Crippen LogP contribution in [0.25, 0.3) is 11.1 Å². The summed E-state index contributed by atoms with van der Waals surface area (Å²) in [6.45, 7) is -0.812. The number of nitrogens with one attached hydrogen (secondary N) is 1. The third kappa shape index (κ3) is 4.10. The summed E-state index contributed by atoms with van der Waals surface area (Å²) in [5.74, 6) is -5.52. The van der Waals surface area contributed by atoms with Crippen LogP contribution < -0.4 is 5.32 Å². The van der Waals surface area contributed by atoms with E-state index < -0.39 is 48.4 Å². The molecule has 34 heavy (non-hydrogen) atoms. The molecule has 0 unspecified atom stereocenters. The smallest absolute Gasteiger partial charge is 0.407 e. The van der Waals surface area contributed by atoms with Gasteiger partial charge >= 0.3 is 12.1 Å². The largest absolute Gasteiger partial charge is 0.480 e. The van der Waals surface area contributed by atoms with Crippen molar-refractivity contribution in [1.82, 2.24) is 10.2 Å². The van der Waals surface area contributed by atoms with Gasteiger partial charge in [0.25, 0.3) is 5.92 Å². The molecule has 1 saturated carbocycles. The summed E-state index contributed by atoms with van der Waals surface area (Å²) in [6.07, 6.45) is -0.845. The van der Waals surface area contributed by atoms with Crippen LogP contribution in [0.15, 0.2) is 48.5 Å². The quantitative estimate of drug-likeness (QED) is 0.670. The Morgan fingerprint density at radius 2 is 1.62 bits per heavy atom. The number of amides is 2. The van der Waals surface area contributed by atoms with Crippen LogP contribution in [0.1, 0.15) is 42.7 Å². The van der Waals surface area contributed by atoms with Gasteiger partial charge in [0.1, 0.15) is 12.6 Å². The Labute approximate surface area is 194 Å². The summed E-state index contributed by atoms with van der Waals surface area (Å²) in [4.78, 5) is 37.3. The maximum Gasteiger partial charge on any atom is 0.407 e. The van der Waals surface area contributed by atoms with Gasteiger partial charge in [0.15, 0.2) is 0 Å². The lowest BCUT2D eigenvalue weighted by Gasteiger charge is -2.24. The van der Waals surface area contributed by atoms with Gasteiger partial charge in [0.05, 0.1) is 18.5 Å². The third-order valence-corrected chi connectivity index (χ3v) is 6.93. The number of nitrogens with zero attached hydrogens (tertiary/aromatic N) is 1. The predicted octanol–water partition coefficient (Wildman–Crippen LogP) is 3.77. The van der Waals surface area contributed by atoms with Crippen molar-refractivity contribution in [3.63, 3.8) is 0 Å². The van der Waals surface area contributed by atoms with Crippen LogP contribution in [0, 0.1) is 0 Å². The van der Waals surface area contributed by atoms with E-state index in [0.717, 1.165) is 22.3 Å². The molecule has 0 spiro atoms. The number of carbonyl (C=O) groups is 3. The zero-order valence-electron chi connectivity index (χ0n) is 18.3. The van der Waals surface area contributed by atoms with Crippen molar-refractivity contribution in [2.24, 2.45) is 0 Å². The normalized spacial score (nSPS) is 21.5. The van der Waals surface area contributed by atoms with Crippen LogP contribution in [0.5, 0.6) is 0 Å². The molecule has 3 aliphatic rings. The highest BCUT2D eigenvalue weighted by atomic mass is 19.3. The van der Waals surface area contributed by atoms with Gasteiger partial charge in [-0.05, 0) is 35.1 Å². The molecule has 2 amide bonds. The monoisotopic (exact) mass is 470 g/mol. The van der Waals surface area contributed by atoms with Crippen molar-refractivity contribution in [2.75, 3.05) is 13.2 Å². The second kappa shape index (κ2) is 8.07. The Balaban J connectivity index is 1.21. The van der Waals surface area contributed by atoms with E-state index in [1.165, 1.54) is 0 Å². The zero-order chi connectivity index (χ0) is 24.1. The van der Waals surface area contributed by atoms with Gasteiger partial charge in [0.2, 0.25) is 5.91 Å². The highest BCUT2D eigenvalue weighted by Crippen LogP contribution is 2.45. The van der Waals surface area contributed by atoms with Crippen molar-refractivity contribution in [1.29, 1.82) is 0 Å². The number of aliphatic carboxylic acids is 1. The summed E-state index contributed by atoms with van der Waals surface area (Å²) in [5.41, 5.74) is 3.46. The molecule has 178 valence electrons. The van der Waals surface area contributed by atoms with E-state index in [0.29, 0.717) is 17.7 Å². The minimum atomic E-state index is -3.24. The SMILES string of the molecule is O=C(NC1(CC(=O)N2CC(F)(F)C[C@H]2C(=O)O)CC1)OCC1c2ccccc2-c2ccccc21. The number of hydrogen-bond donors (Lipinski definition) is 2. The first kappa shape index (κ1) is 22.3. The van der Waals surface area contributed by atoms with Gasteiger partial charge in [-0.3, -0.25) is 4.79 Å². The summed E-state index contributed by atoms with van der Waals surface area (Å²) >= 11 is 0. The summed E-state index contributed by atoms with van der Waals surface area (Å²) in [5, 5.41) is 11.9. The number of carbonyl (C=O) groups excluding carboxylic acids is 2. The fraction of sp³-hybridized carbons (Fsp3) is 0.400. The molecule has 1 atom stereocenters. The fourth-order valence-electron chi connectivity index (χ4n) is 5.04. The molecule has 0 aromatic heterocycles. The summed E-state index contributed by atoms with van der Waals surface area (Å²) in [7, 11) is 0. The topological polar surface area (TPSA) is 95.9 Å². The van der Waals surface area contributed by atoms with Crippen molar-refractivity contribution in [3.8, 4) is 11.1 Å². The van der Waals surface area contributed by atoms with Gasteiger partial charge in [-0.25, -0.2) is 18.4 Å². The van der Waals surface area contributed by atoms with E-state index in [1.807, 2.05) is 48.5 Å². The average Bonchev–Trinajstić information content (AvgIpc) is 3.33. The Bertz CT molecular complexity index is 1120. The minimum Gasteiger partial charge on any atom is -0.480 e. The molecule has 2 N–H and O–H groups in total. The van der Waals surface area contributed by atoms with Crippen molar-refractivity contribution < 1.29 is 33.0 Å². The molecule has 2 aliphatic carbocycles. The number of alkyl carbamates (subject to hydrolysis) is 1. The van der Waals surface area contributed by atoms with E-state index in [-0.39, 0.29) is 18.9 Å². The van der Waals surface area contributed by atoms with Crippen LogP contribution in [0.4, 0.5) is 13.6 Å². The number of halogens is 2. The molecule has 2 fully saturated rings.